The molecule has 3 heteroatoms. The van der Waals surface area contributed by atoms with Crippen LogP contribution in [0.3, 0.4) is 0 Å². The van der Waals surface area contributed by atoms with Crippen LogP contribution in [0.4, 0.5) is 0 Å². The van der Waals surface area contributed by atoms with Gasteiger partial charge in [0, 0.05) is 12.1 Å². The molecule has 1 aliphatic rings. The normalized spacial score (nSPS) is 27.2. The Bertz CT molecular complexity index is 446. The summed E-state index contributed by atoms with van der Waals surface area (Å²) in [6, 6.07) is 10.6. The summed E-state index contributed by atoms with van der Waals surface area (Å²) in [5.74, 6) is 0.128. The van der Waals surface area contributed by atoms with Crippen molar-refractivity contribution in [3.05, 3.63) is 35.9 Å². The predicted molar refractivity (Wildman–Crippen MR) is 82.3 cm³/mol. The van der Waals surface area contributed by atoms with Gasteiger partial charge in [-0.2, -0.15) is 0 Å². The van der Waals surface area contributed by atoms with Crippen LogP contribution in [0.1, 0.15) is 45.1 Å². The molecule has 110 valence electrons. The number of carbonyl (C=O) groups is 1. The Hall–Kier alpha value is -1.35. The Morgan fingerprint density at radius 2 is 2.15 bits per heavy atom. The molecule has 0 heterocycles. The average Bonchev–Trinajstić information content (AvgIpc) is 2.79. The van der Waals surface area contributed by atoms with Gasteiger partial charge in [0.25, 0.3) is 0 Å². The SMILES string of the molecule is CC(CCc1ccccc1)NC(=O)C1(C)CCCC1N. The highest BCUT2D eigenvalue weighted by Crippen LogP contribution is 2.36. The summed E-state index contributed by atoms with van der Waals surface area (Å²) < 4.78 is 0. The van der Waals surface area contributed by atoms with Crippen molar-refractivity contribution in [1.82, 2.24) is 5.32 Å². The fourth-order valence-corrected chi connectivity index (χ4v) is 2.96. The molecule has 0 spiro atoms. The molecule has 1 aromatic carbocycles. The highest BCUT2D eigenvalue weighted by molar-refractivity contribution is 5.83. The number of carbonyl (C=O) groups excluding carboxylic acids is 1. The molecule has 3 N–H and O–H groups in total. The lowest BCUT2D eigenvalue weighted by Crippen LogP contribution is -2.49. The fourth-order valence-electron chi connectivity index (χ4n) is 2.96. The van der Waals surface area contributed by atoms with E-state index in [9.17, 15) is 4.79 Å². The summed E-state index contributed by atoms with van der Waals surface area (Å²) >= 11 is 0. The summed E-state index contributed by atoms with van der Waals surface area (Å²) in [6.07, 6.45) is 4.88. The first-order valence-corrected chi connectivity index (χ1v) is 7.63. The molecule has 3 atom stereocenters. The molecule has 0 aromatic heterocycles. The van der Waals surface area contributed by atoms with Crippen molar-refractivity contribution in [3.8, 4) is 0 Å². The third-order valence-electron chi connectivity index (χ3n) is 4.63. The molecule has 20 heavy (non-hydrogen) atoms. The Kier molecular flexibility index (Phi) is 4.81. The number of aryl methyl sites for hydroxylation is 1. The third kappa shape index (κ3) is 3.40. The number of amides is 1. The van der Waals surface area contributed by atoms with Crippen LogP contribution >= 0.6 is 0 Å². The Labute approximate surface area is 121 Å². The Balaban J connectivity index is 1.82. The zero-order valence-electron chi connectivity index (χ0n) is 12.6. The first kappa shape index (κ1) is 15.0. The van der Waals surface area contributed by atoms with Gasteiger partial charge in [0.2, 0.25) is 5.91 Å². The van der Waals surface area contributed by atoms with E-state index in [4.69, 9.17) is 5.73 Å². The van der Waals surface area contributed by atoms with Crippen molar-refractivity contribution in [2.75, 3.05) is 0 Å². The van der Waals surface area contributed by atoms with E-state index < -0.39 is 0 Å². The zero-order valence-corrected chi connectivity index (χ0v) is 12.6. The molecule has 1 aliphatic carbocycles. The Morgan fingerprint density at radius 3 is 2.75 bits per heavy atom. The van der Waals surface area contributed by atoms with E-state index in [1.54, 1.807) is 0 Å². The molecule has 2 rings (SSSR count). The summed E-state index contributed by atoms with van der Waals surface area (Å²) in [5.41, 5.74) is 7.04. The molecule has 1 amide bonds. The van der Waals surface area contributed by atoms with Gasteiger partial charge in [0.1, 0.15) is 0 Å². The molecule has 0 aliphatic heterocycles. The highest BCUT2D eigenvalue weighted by Gasteiger charge is 2.43. The molecule has 1 saturated carbocycles. The minimum absolute atomic E-state index is 0.00354. The number of benzene rings is 1. The highest BCUT2D eigenvalue weighted by atomic mass is 16.2. The van der Waals surface area contributed by atoms with Crippen LogP contribution < -0.4 is 11.1 Å². The lowest BCUT2D eigenvalue weighted by Gasteiger charge is -2.29. The van der Waals surface area contributed by atoms with E-state index in [1.807, 2.05) is 13.0 Å². The lowest BCUT2D eigenvalue weighted by molar-refractivity contribution is -0.131. The quantitative estimate of drug-likeness (QED) is 0.867. The number of rotatable bonds is 5. The molecule has 1 fully saturated rings. The second-order valence-corrected chi connectivity index (χ2v) is 6.31. The van der Waals surface area contributed by atoms with Crippen LogP contribution in [0.25, 0.3) is 0 Å². The smallest absolute Gasteiger partial charge is 0.227 e. The van der Waals surface area contributed by atoms with Gasteiger partial charge < -0.3 is 11.1 Å². The van der Waals surface area contributed by atoms with Crippen LogP contribution in [0.2, 0.25) is 0 Å². The molecule has 3 nitrogen and oxygen atoms in total. The number of hydrogen-bond acceptors (Lipinski definition) is 2. The van der Waals surface area contributed by atoms with Gasteiger partial charge in [0.05, 0.1) is 5.41 Å². The number of nitrogens with two attached hydrogens (primary N) is 1. The standard InChI is InChI=1S/C17H26N2O/c1-13(10-11-14-7-4-3-5-8-14)19-16(20)17(2)12-6-9-15(17)18/h3-5,7-8,13,15H,6,9-12,18H2,1-2H3,(H,19,20). The summed E-state index contributed by atoms with van der Waals surface area (Å²) in [6.45, 7) is 4.08. The van der Waals surface area contributed by atoms with Gasteiger partial charge in [0.15, 0.2) is 0 Å². The van der Waals surface area contributed by atoms with Crippen LogP contribution in [0.5, 0.6) is 0 Å². The van der Waals surface area contributed by atoms with Crippen LogP contribution in [-0.2, 0) is 11.2 Å². The molecular formula is C17H26N2O. The predicted octanol–water partition coefficient (Wildman–Crippen LogP) is 2.64. The maximum atomic E-state index is 12.4. The summed E-state index contributed by atoms with van der Waals surface area (Å²) in [4.78, 5) is 12.4. The van der Waals surface area contributed by atoms with Gasteiger partial charge in [-0.25, -0.2) is 0 Å². The van der Waals surface area contributed by atoms with Gasteiger partial charge in [-0.15, -0.1) is 0 Å². The van der Waals surface area contributed by atoms with Crippen molar-refractivity contribution in [2.45, 2.75) is 58.0 Å². The van der Waals surface area contributed by atoms with Crippen LogP contribution in [0.15, 0.2) is 30.3 Å². The molecule has 0 bridgehead atoms. The zero-order chi connectivity index (χ0) is 14.6. The minimum atomic E-state index is -0.374. The van der Waals surface area contributed by atoms with E-state index in [0.29, 0.717) is 0 Å². The van der Waals surface area contributed by atoms with Gasteiger partial charge in [-0.05, 0) is 45.1 Å². The first-order chi connectivity index (χ1) is 9.52. The second kappa shape index (κ2) is 6.40. The maximum Gasteiger partial charge on any atom is 0.227 e. The van der Waals surface area contributed by atoms with Crippen molar-refractivity contribution < 1.29 is 4.79 Å². The van der Waals surface area contributed by atoms with Gasteiger partial charge in [-0.1, -0.05) is 36.8 Å². The molecule has 3 unspecified atom stereocenters. The van der Waals surface area contributed by atoms with Crippen molar-refractivity contribution in [3.63, 3.8) is 0 Å². The first-order valence-electron chi connectivity index (χ1n) is 7.63. The van der Waals surface area contributed by atoms with Crippen LogP contribution in [0, 0.1) is 5.41 Å². The van der Waals surface area contributed by atoms with Crippen molar-refractivity contribution >= 4 is 5.91 Å². The summed E-state index contributed by atoms with van der Waals surface area (Å²) in [7, 11) is 0. The molecule has 1 aromatic rings. The van der Waals surface area contributed by atoms with E-state index in [2.05, 4.69) is 36.5 Å². The summed E-state index contributed by atoms with van der Waals surface area (Å²) in [5, 5.41) is 3.14. The van der Waals surface area contributed by atoms with E-state index in [-0.39, 0.29) is 23.4 Å². The largest absolute Gasteiger partial charge is 0.353 e. The van der Waals surface area contributed by atoms with Crippen molar-refractivity contribution in [1.29, 1.82) is 0 Å². The van der Waals surface area contributed by atoms with Crippen molar-refractivity contribution in [2.24, 2.45) is 11.1 Å². The average molecular weight is 274 g/mol. The van der Waals surface area contributed by atoms with Gasteiger partial charge in [-0.3, -0.25) is 4.79 Å². The fraction of sp³-hybridized carbons (Fsp3) is 0.588. The number of hydrogen-bond donors (Lipinski definition) is 2. The maximum absolute atomic E-state index is 12.4. The number of nitrogens with one attached hydrogen (secondary N) is 1. The molecular weight excluding hydrogens is 248 g/mol. The van der Waals surface area contributed by atoms with E-state index in [1.165, 1.54) is 5.56 Å². The van der Waals surface area contributed by atoms with Crippen LogP contribution in [-0.4, -0.2) is 18.0 Å². The lowest BCUT2D eigenvalue weighted by atomic mass is 9.84. The van der Waals surface area contributed by atoms with E-state index >= 15 is 0 Å². The Morgan fingerprint density at radius 1 is 1.45 bits per heavy atom. The molecule has 0 saturated heterocycles. The van der Waals surface area contributed by atoms with Gasteiger partial charge >= 0.3 is 0 Å². The second-order valence-electron chi connectivity index (χ2n) is 6.31. The topological polar surface area (TPSA) is 55.1 Å². The molecule has 0 radical (unpaired) electrons. The third-order valence-corrected chi connectivity index (χ3v) is 4.63. The monoisotopic (exact) mass is 274 g/mol. The minimum Gasteiger partial charge on any atom is -0.353 e. The van der Waals surface area contributed by atoms with E-state index in [0.717, 1.165) is 32.1 Å².